The van der Waals surface area contributed by atoms with E-state index in [9.17, 15) is 91.1 Å². The summed E-state index contributed by atoms with van der Waals surface area (Å²) in [5.74, 6) is -8.16. The summed E-state index contributed by atoms with van der Waals surface area (Å²) >= 11 is 0. The van der Waals surface area contributed by atoms with E-state index in [1.54, 1.807) is 90.0 Å². The molecule has 0 aromatic rings. The third kappa shape index (κ3) is 42.2. The van der Waals surface area contributed by atoms with Crippen molar-refractivity contribution in [2.45, 2.75) is 451 Å². The zero-order valence-corrected chi connectivity index (χ0v) is 82.6. The zero-order chi connectivity index (χ0) is 101. The quantitative estimate of drug-likeness (QED) is 0.0311. The molecule has 0 aromatic carbocycles. The molecule has 0 aromatic heterocycles. The lowest BCUT2D eigenvalue weighted by Crippen LogP contribution is -2.54. The van der Waals surface area contributed by atoms with E-state index >= 15 is 0 Å². The molecule has 17 unspecified atom stereocenters. The standard InChI is InChI=1S/C21H32O8.2C20H30O8.C19H28O8.C17H26O6.10CH4/c1-6-19(2,3)18(25)27-12-11-26-15(22)7-8-16(23)28-20(4)10-9-14-13-21(20,5)29-17(14)24;1-5-19(2,3)18(24)26-11-10-25-15(21)6-7-16(22)28-20(4)9-8-13-12-14(20)27-17(13)23;1-5-19(2,3)18(24)26-11-10-25-15(21)8-9-16(22)27-14-7-6-13-12-20(14,4)28-17(13)23;1-4-19(2,3)18(23)25-10-9-24-15(20)7-8-16(21)26-13-6-5-12-11-14(13)27-17(12)22;1-5-10(2)15(19)21-7-6-13(18)22-14-11(3)8-12-9-17(14,4)23-16(12)20;;;;;;;;;;/h14H,6-13H2,1-5H3;2*13-14H,5-12H2,1-4H3;12-14H,4-11H2,1-3H3;10-12,14H,5-9H2,1-4H3;10*1H4. The summed E-state index contributed by atoms with van der Waals surface area (Å²) in [7, 11) is 0. The van der Waals surface area contributed by atoms with Crippen LogP contribution in [0.2, 0.25) is 0 Å². The van der Waals surface area contributed by atoms with Crippen LogP contribution in [0.25, 0.3) is 0 Å². The number of fused-ring (bicyclic) bond motifs is 10. The first-order valence-electron chi connectivity index (χ1n) is 47.7. The van der Waals surface area contributed by atoms with Crippen LogP contribution in [0.1, 0.15) is 393 Å². The van der Waals surface area contributed by atoms with Gasteiger partial charge in [0.1, 0.15) is 118 Å². The summed E-state index contributed by atoms with van der Waals surface area (Å²) in [5, 5.41) is 0. The highest BCUT2D eigenvalue weighted by atomic mass is 16.7. The van der Waals surface area contributed by atoms with Gasteiger partial charge in [-0.25, -0.2) is 0 Å². The Morgan fingerprint density at radius 3 is 1.15 bits per heavy atom. The molecule has 0 amide bonds. The Balaban J connectivity index is -0.000000555. The molecule has 0 radical (unpaired) electrons. The van der Waals surface area contributed by atoms with Crippen LogP contribution >= 0.6 is 0 Å². The van der Waals surface area contributed by atoms with Crippen molar-refractivity contribution in [2.24, 2.45) is 63.1 Å². The largest absolute Gasteiger partial charge is 0.465 e. The van der Waals surface area contributed by atoms with E-state index in [0.717, 1.165) is 0 Å². The first-order valence-corrected chi connectivity index (χ1v) is 47.7. The van der Waals surface area contributed by atoms with Crippen molar-refractivity contribution in [3.8, 4) is 0 Å². The highest BCUT2D eigenvalue weighted by Crippen LogP contribution is 2.52. The summed E-state index contributed by atoms with van der Waals surface area (Å²) in [6.45, 7) is 36.1. The van der Waals surface area contributed by atoms with Gasteiger partial charge in [0.25, 0.3) is 0 Å². The van der Waals surface area contributed by atoms with Gasteiger partial charge in [-0.15, -0.1) is 0 Å². The van der Waals surface area contributed by atoms with E-state index in [1.165, 1.54) is 0 Å². The number of ether oxygens (including phenoxy) is 19. The van der Waals surface area contributed by atoms with Crippen LogP contribution in [0.5, 0.6) is 0 Å². The maximum absolute atomic E-state index is 12.2. The Hall–Kier alpha value is -10.1. The van der Waals surface area contributed by atoms with Crippen molar-refractivity contribution in [3.05, 3.63) is 0 Å². The van der Waals surface area contributed by atoms with Gasteiger partial charge in [0, 0.05) is 32.1 Å². The number of carbonyl (C=O) groups excluding carboxylic acids is 19. The summed E-state index contributed by atoms with van der Waals surface area (Å²) in [6, 6.07) is 0. The molecule has 17 atom stereocenters. The van der Waals surface area contributed by atoms with Gasteiger partial charge in [0.2, 0.25) is 0 Å². The van der Waals surface area contributed by atoms with Crippen molar-refractivity contribution in [1.29, 1.82) is 0 Å². The van der Waals surface area contributed by atoms with Gasteiger partial charge in [-0.1, -0.05) is 123 Å². The van der Waals surface area contributed by atoms with Crippen molar-refractivity contribution in [3.63, 3.8) is 0 Å². The Labute approximate surface area is 864 Å². The molecule has 10 aliphatic rings. The second-order valence-electron chi connectivity index (χ2n) is 40.0. The van der Waals surface area contributed by atoms with Gasteiger partial charge in [-0.05, 0) is 186 Å². The number of rotatable bonds is 42. The number of esters is 19. The van der Waals surface area contributed by atoms with Crippen LogP contribution in [-0.4, -0.2) is 231 Å². The molecule has 0 N–H and O–H groups in total. The fraction of sp³-hybridized carbons (Fsp3) is 0.822. The highest BCUT2D eigenvalue weighted by molar-refractivity contribution is 5.84. The molecular formula is C107H186O38. The molecule has 842 valence electrons. The van der Waals surface area contributed by atoms with Crippen LogP contribution in [0.3, 0.4) is 0 Å². The summed E-state index contributed by atoms with van der Waals surface area (Å²) < 4.78 is 99.5. The van der Waals surface area contributed by atoms with Gasteiger partial charge in [-0.2, -0.15) is 0 Å². The molecule has 5 aliphatic carbocycles. The number of hydrogen-bond acceptors (Lipinski definition) is 38. The van der Waals surface area contributed by atoms with Crippen molar-refractivity contribution in [1.82, 2.24) is 0 Å². The molecule has 5 heterocycles. The predicted molar refractivity (Wildman–Crippen MR) is 536 cm³/mol. The van der Waals surface area contributed by atoms with Gasteiger partial charge >= 0.3 is 113 Å². The Morgan fingerprint density at radius 2 is 0.703 bits per heavy atom. The average molecular weight is 2080 g/mol. The minimum Gasteiger partial charge on any atom is -0.465 e. The second kappa shape index (κ2) is 63.6. The average Bonchev–Trinajstić information content (AvgIpc) is 1.58. The van der Waals surface area contributed by atoms with Crippen molar-refractivity contribution < 1.29 is 181 Å². The Morgan fingerprint density at radius 1 is 0.345 bits per heavy atom. The lowest BCUT2D eigenvalue weighted by Gasteiger charge is -2.43. The molecule has 0 spiro atoms. The van der Waals surface area contributed by atoms with Gasteiger partial charge in [0.05, 0.1) is 115 Å². The van der Waals surface area contributed by atoms with Crippen molar-refractivity contribution in [2.75, 3.05) is 59.5 Å². The maximum atomic E-state index is 12.2. The van der Waals surface area contributed by atoms with Gasteiger partial charge in [-0.3, -0.25) is 91.1 Å². The normalized spacial score (nSPS) is 25.7. The third-order valence-corrected chi connectivity index (χ3v) is 27.6. The molecule has 5 saturated carbocycles. The molecular weight excluding hydrogens is 1890 g/mol. The molecule has 10 bridgehead atoms. The first-order chi connectivity index (χ1) is 63.1. The van der Waals surface area contributed by atoms with Crippen molar-refractivity contribution >= 4 is 113 Å². The SMILES string of the molecule is C.C.C.C.C.C.C.C.C.C.CCC(C)(C)C(=O)OCCOC(=O)CCC(=O)OC1(C)CCC2CC1(C)OC2=O.CCC(C)(C)C(=O)OCCOC(=O)CCC(=O)OC1(C)CCC2CC1OC2=O.CCC(C)(C)C(=O)OCCOC(=O)CCC(=O)OC1CCC2CC1(C)OC2=O.CCC(C)(C)C(=O)OCCOC(=O)CCC(=O)OC1CCC2CC1OC2=O.CCC(C)C(=O)OCCC(=O)OC1C(C)CC2CC1(C)OC2=O. The monoisotopic (exact) mass is 2080 g/mol. The summed E-state index contributed by atoms with van der Waals surface area (Å²) in [4.78, 5) is 224. The summed E-state index contributed by atoms with van der Waals surface area (Å²) in [6.07, 6.45) is 8.48. The maximum Gasteiger partial charge on any atom is 0.311 e. The lowest BCUT2D eigenvalue weighted by molar-refractivity contribution is -0.197. The molecule has 145 heavy (non-hydrogen) atoms. The summed E-state index contributed by atoms with van der Waals surface area (Å²) in [5.41, 5.74) is -6.38. The molecule has 5 saturated heterocycles. The molecule has 10 rings (SSSR count). The fourth-order valence-electron chi connectivity index (χ4n) is 16.4. The second-order valence-corrected chi connectivity index (χ2v) is 40.0. The van der Waals surface area contributed by atoms with Crippen LogP contribution in [0.4, 0.5) is 0 Å². The van der Waals surface area contributed by atoms with Crippen LogP contribution in [-0.2, 0) is 181 Å². The fourth-order valence-corrected chi connectivity index (χ4v) is 16.4. The third-order valence-electron chi connectivity index (χ3n) is 27.6. The predicted octanol–water partition coefficient (Wildman–Crippen LogP) is 17.9. The van der Waals surface area contributed by atoms with E-state index in [2.05, 4.69) is 0 Å². The van der Waals surface area contributed by atoms with Gasteiger partial charge in [0.15, 0.2) is 0 Å². The van der Waals surface area contributed by atoms with Crippen LogP contribution < -0.4 is 0 Å². The molecule has 38 nitrogen and oxygen atoms in total. The van der Waals surface area contributed by atoms with Crippen LogP contribution in [0, 0.1) is 63.1 Å². The van der Waals surface area contributed by atoms with E-state index in [1.807, 2.05) is 48.5 Å². The number of carbonyl (C=O) groups is 19. The smallest absolute Gasteiger partial charge is 0.311 e. The number of hydrogen-bond donors (Lipinski definition) is 0. The van der Waals surface area contributed by atoms with E-state index in [0.29, 0.717) is 122 Å². The Kier molecular flexibility index (Phi) is 62.9. The molecule has 38 heteroatoms. The van der Waals surface area contributed by atoms with E-state index in [4.69, 9.17) is 90.0 Å². The Bertz CT molecular complexity index is 4200. The first kappa shape index (κ1) is 143. The van der Waals surface area contributed by atoms with E-state index in [-0.39, 0.29) is 299 Å². The topological polar surface area (TPSA) is 500 Å². The highest BCUT2D eigenvalue weighted by Gasteiger charge is 2.62. The minimum absolute atomic E-state index is 0. The lowest BCUT2D eigenvalue weighted by atomic mass is 9.71. The zero-order valence-electron chi connectivity index (χ0n) is 82.6. The van der Waals surface area contributed by atoms with E-state index < -0.39 is 128 Å². The van der Waals surface area contributed by atoms with Gasteiger partial charge < -0.3 is 90.0 Å². The molecule has 10 fully saturated rings. The minimum atomic E-state index is -0.906. The van der Waals surface area contributed by atoms with Crippen LogP contribution in [0.15, 0.2) is 0 Å². The molecule has 5 aliphatic heterocycles.